The van der Waals surface area contributed by atoms with Crippen molar-refractivity contribution in [2.24, 2.45) is 5.92 Å². The Kier molecular flexibility index (Phi) is 7.99. The van der Waals surface area contributed by atoms with Crippen LogP contribution in [0, 0.1) is 5.92 Å². The third-order valence-electron chi connectivity index (χ3n) is 4.42. The number of hydrogen-bond acceptors (Lipinski definition) is 7. The predicted molar refractivity (Wildman–Crippen MR) is 89.5 cm³/mol. The quantitative estimate of drug-likeness (QED) is 0.574. The van der Waals surface area contributed by atoms with Gasteiger partial charge < -0.3 is 19.7 Å². The van der Waals surface area contributed by atoms with Crippen molar-refractivity contribution >= 4 is 17.7 Å². The lowest BCUT2D eigenvalue weighted by Gasteiger charge is -2.24. The van der Waals surface area contributed by atoms with E-state index in [1.165, 1.54) is 14.2 Å². The first kappa shape index (κ1) is 21.1. The van der Waals surface area contributed by atoms with Gasteiger partial charge in [0.15, 0.2) is 5.78 Å². The molecule has 25 heavy (non-hydrogen) atoms. The molecule has 0 saturated heterocycles. The third-order valence-corrected chi connectivity index (χ3v) is 4.42. The average molecular weight is 354 g/mol. The van der Waals surface area contributed by atoms with Crippen molar-refractivity contribution in [3.63, 3.8) is 0 Å². The molecule has 0 spiro atoms. The number of allylic oxidation sites excluding steroid dienone is 1. The van der Waals surface area contributed by atoms with Crippen LogP contribution in [0.3, 0.4) is 0 Å². The minimum absolute atomic E-state index is 0.00583. The summed E-state index contributed by atoms with van der Waals surface area (Å²) in [6.07, 6.45) is -0.547. The molecule has 0 heterocycles. The van der Waals surface area contributed by atoms with Gasteiger partial charge in [-0.25, -0.2) is 9.59 Å². The summed E-state index contributed by atoms with van der Waals surface area (Å²) in [4.78, 5) is 37.1. The largest absolute Gasteiger partial charge is 0.466 e. The molecule has 0 unspecified atom stereocenters. The van der Waals surface area contributed by atoms with Gasteiger partial charge in [0.05, 0.1) is 31.5 Å². The Morgan fingerprint density at radius 3 is 2.28 bits per heavy atom. The molecule has 0 amide bonds. The summed E-state index contributed by atoms with van der Waals surface area (Å²) < 4.78 is 9.59. The van der Waals surface area contributed by atoms with Crippen LogP contribution in [0.5, 0.6) is 0 Å². The summed E-state index contributed by atoms with van der Waals surface area (Å²) in [5, 5.41) is 20.8. The summed E-state index contributed by atoms with van der Waals surface area (Å²) >= 11 is 0. The van der Waals surface area contributed by atoms with Crippen LogP contribution < -0.4 is 0 Å². The minimum Gasteiger partial charge on any atom is -0.466 e. The predicted octanol–water partition coefficient (Wildman–Crippen LogP) is 1.08. The number of hydrogen-bond donors (Lipinski definition) is 2. The lowest BCUT2D eigenvalue weighted by molar-refractivity contribution is -0.141. The second-order valence-electron chi connectivity index (χ2n) is 5.94. The summed E-state index contributed by atoms with van der Waals surface area (Å²) in [7, 11) is 2.35. The maximum atomic E-state index is 12.4. The Hall–Kier alpha value is -1.99. The SMILES string of the molecule is C/C=C1\C/C(C(=O)OC)=C(/C(=O)OC)[C@@H](CCC)[C@H](O)C(=O)C[C@@H]1O. The van der Waals surface area contributed by atoms with Crippen molar-refractivity contribution in [2.45, 2.75) is 51.7 Å². The number of Topliss-reactive ketones (excluding diaryl/α,β-unsaturated/α-hetero) is 1. The zero-order valence-electron chi connectivity index (χ0n) is 15.1. The lowest BCUT2D eigenvalue weighted by Crippen LogP contribution is -2.35. The molecule has 0 radical (unpaired) electrons. The Morgan fingerprint density at radius 2 is 1.80 bits per heavy atom. The molecule has 0 saturated carbocycles. The van der Waals surface area contributed by atoms with Crippen molar-refractivity contribution < 1.29 is 34.1 Å². The highest BCUT2D eigenvalue weighted by Crippen LogP contribution is 2.33. The van der Waals surface area contributed by atoms with E-state index in [-0.39, 0.29) is 24.0 Å². The number of carbonyl (C=O) groups is 3. The molecular formula is C18H26O7. The molecule has 0 fully saturated rings. The van der Waals surface area contributed by atoms with E-state index in [0.29, 0.717) is 18.4 Å². The molecule has 0 aromatic carbocycles. The highest BCUT2D eigenvalue weighted by atomic mass is 16.5. The van der Waals surface area contributed by atoms with Crippen molar-refractivity contribution in [1.29, 1.82) is 0 Å². The fourth-order valence-corrected chi connectivity index (χ4v) is 3.06. The molecule has 1 aliphatic rings. The summed E-state index contributed by atoms with van der Waals surface area (Å²) in [5.74, 6) is -3.03. The van der Waals surface area contributed by atoms with Gasteiger partial charge in [0.1, 0.15) is 6.10 Å². The van der Waals surface area contributed by atoms with E-state index >= 15 is 0 Å². The number of carbonyl (C=O) groups excluding carboxylic acids is 3. The van der Waals surface area contributed by atoms with Crippen LogP contribution in [0.1, 0.15) is 39.5 Å². The number of ketones is 1. The van der Waals surface area contributed by atoms with E-state index in [1.54, 1.807) is 13.0 Å². The van der Waals surface area contributed by atoms with E-state index in [4.69, 9.17) is 9.47 Å². The van der Waals surface area contributed by atoms with Crippen molar-refractivity contribution in [3.05, 3.63) is 22.8 Å². The number of aliphatic hydroxyl groups is 2. The smallest absolute Gasteiger partial charge is 0.334 e. The molecule has 3 atom stereocenters. The molecule has 2 N–H and O–H groups in total. The first-order valence-electron chi connectivity index (χ1n) is 8.25. The van der Waals surface area contributed by atoms with E-state index in [1.807, 2.05) is 6.92 Å². The van der Waals surface area contributed by atoms with E-state index in [9.17, 15) is 24.6 Å². The van der Waals surface area contributed by atoms with Gasteiger partial charge in [-0.05, 0) is 18.9 Å². The second-order valence-corrected chi connectivity index (χ2v) is 5.94. The van der Waals surface area contributed by atoms with Gasteiger partial charge >= 0.3 is 11.9 Å². The van der Waals surface area contributed by atoms with Crippen LogP contribution in [-0.2, 0) is 23.9 Å². The highest BCUT2D eigenvalue weighted by Gasteiger charge is 2.39. The van der Waals surface area contributed by atoms with Gasteiger partial charge in [-0.1, -0.05) is 19.4 Å². The number of esters is 2. The minimum atomic E-state index is -1.51. The molecule has 1 aliphatic carbocycles. The average Bonchev–Trinajstić information content (AvgIpc) is 2.64. The van der Waals surface area contributed by atoms with Crippen molar-refractivity contribution in [2.75, 3.05) is 14.2 Å². The van der Waals surface area contributed by atoms with Gasteiger partial charge in [0.2, 0.25) is 0 Å². The van der Waals surface area contributed by atoms with Crippen molar-refractivity contribution in [1.82, 2.24) is 0 Å². The third kappa shape index (κ3) is 4.76. The van der Waals surface area contributed by atoms with Crippen LogP contribution in [0.4, 0.5) is 0 Å². The normalized spacial score (nSPS) is 29.6. The van der Waals surface area contributed by atoms with Crippen LogP contribution in [0.2, 0.25) is 0 Å². The number of rotatable bonds is 4. The Labute approximate surface area is 147 Å². The fourth-order valence-electron chi connectivity index (χ4n) is 3.06. The first-order chi connectivity index (χ1) is 11.8. The van der Waals surface area contributed by atoms with Gasteiger partial charge in [-0.15, -0.1) is 0 Å². The van der Waals surface area contributed by atoms with Crippen LogP contribution in [0.25, 0.3) is 0 Å². The molecule has 1 rings (SSSR count). The maximum absolute atomic E-state index is 12.4. The fraction of sp³-hybridized carbons (Fsp3) is 0.611. The maximum Gasteiger partial charge on any atom is 0.334 e. The lowest BCUT2D eigenvalue weighted by atomic mass is 9.83. The molecule has 7 nitrogen and oxygen atoms in total. The molecule has 0 aromatic heterocycles. The van der Waals surface area contributed by atoms with E-state index in [2.05, 4.69) is 0 Å². The molecular weight excluding hydrogens is 328 g/mol. The Balaban J connectivity index is 3.70. The second kappa shape index (κ2) is 9.48. The first-order valence-corrected chi connectivity index (χ1v) is 8.25. The topological polar surface area (TPSA) is 110 Å². The number of methoxy groups -OCH3 is 2. The van der Waals surface area contributed by atoms with E-state index in [0.717, 1.165) is 0 Å². The van der Waals surface area contributed by atoms with Crippen LogP contribution in [-0.4, -0.2) is 54.4 Å². The van der Waals surface area contributed by atoms with Gasteiger partial charge in [0, 0.05) is 18.8 Å². The Morgan fingerprint density at radius 1 is 1.20 bits per heavy atom. The molecule has 7 heteroatoms. The van der Waals surface area contributed by atoms with E-state index < -0.39 is 35.8 Å². The van der Waals surface area contributed by atoms with Crippen LogP contribution >= 0.6 is 0 Å². The summed E-state index contributed by atoms with van der Waals surface area (Å²) in [6, 6.07) is 0. The molecule has 0 bridgehead atoms. The van der Waals surface area contributed by atoms with Gasteiger partial charge in [0.25, 0.3) is 0 Å². The van der Waals surface area contributed by atoms with Crippen molar-refractivity contribution in [3.8, 4) is 0 Å². The summed E-state index contributed by atoms with van der Waals surface area (Å²) in [5.41, 5.74) is 0.332. The van der Waals surface area contributed by atoms with Crippen LogP contribution in [0.15, 0.2) is 22.8 Å². The summed E-state index contributed by atoms with van der Waals surface area (Å²) in [6.45, 7) is 3.50. The molecule has 140 valence electrons. The monoisotopic (exact) mass is 354 g/mol. The number of ether oxygens (including phenoxy) is 2. The molecule has 0 aromatic rings. The highest BCUT2D eigenvalue weighted by molar-refractivity contribution is 6.02. The molecule has 0 aliphatic heterocycles. The van der Waals surface area contributed by atoms with Gasteiger partial charge in [-0.2, -0.15) is 0 Å². The zero-order valence-corrected chi connectivity index (χ0v) is 15.1. The van der Waals surface area contributed by atoms with Gasteiger partial charge in [-0.3, -0.25) is 4.79 Å². The Bertz CT molecular complexity index is 588. The zero-order chi connectivity index (χ0) is 19.1. The number of aliphatic hydroxyl groups excluding tert-OH is 2. The standard InChI is InChI=1S/C18H26O7/c1-5-7-11-15(18(23)25-4)12(17(22)24-3)8-10(6-2)13(19)9-14(20)16(11)21/h6,11,13,16,19,21H,5,7-9H2,1-4H3/b10-6+,15-12-/t11-,13+,16+/m1/s1.